The number of nitrogens with zero attached hydrogens (tertiary/aromatic N) is 1. The zero-order chi connectivity index (χ0) is 17.1. The Morgan fingerprint density at radius 2 is 2.00 bits per heavy atom. The molecule has 5 heteroatoms. The highest BCUT2D eigenvalue weighted by Crippen LogP contribution is 2.39. The number of likely N-dealkylation sites (tertiary alicyclic amines) is 1. The molecule has 2 aliphatic rings. The van der Waals surface area contributed by atoms with Gasteiger partial charge in [0.05, 0.1) is 5.56 Å². The minimum Gasteiger partial charge on any atom is -0.491 e. The van der Waals surface area contributed by atoms with E-state index in [0.29, 0.717) is 36.4 Å². The number of carbonyl (C=O) groups excluding carboxylic acids is 1. The molecule has 1 saturated heterocycles. The van der Waals surface area contributed by atoms with Gasteiger partial charge in [0, 0.05) is 12.6 Å². The Bertz CT molecular complexity index is 615. The van der Waals surface area contributed by atoms with Crippen LogP contribution < -0.4 is 4.74 Å². The van der Waals surface area contributed by atoms with Crippen LogP contribution in [0.2, 0.25) is 0 Å². The predicted molar refractivity (Wildman–Crippen MR) is 90.4 cm³/mol. The van der Waals surface area contributed by atoms with Crippen LogP contribution in [0.25, 0.3) is 0 Å². The zero-order valence-electron chi connectivity index (χ0n) is 14.1. The number of hydrogen-bond donors (Lipinski definition) is 1. The number of aliphatic carboxylic acids is 1. The van der Waals surface area contributed by atoms with Gasteiger partial charge in [-0.2, -0.15) is 0 Å². The van der Waals surface area contributed by atoms with Gasteiger partial charge < -0.3 is 9.84 Å². The van der Waals surface area contributed by atoms with E-state index >= 15 is 0 Å². The number of para-hydroxylation sites is 1. The molecule has 5 nitrogen and oxygen atoms in total. The molecule has 1 aliphatic carbocycles. The van der Waals surface area contributed by atoms with Gasteiger partial charge in [0.15, 0.2) is 5.78 Å². The highest BCUT2D eigenvalue weighted by molar-refractivity contribution is 5.96. The van der Waals surface area contributed by atoms with Crippen molar-refractivity contribution in [2.24, 2.45) is 5.92 Å². The summed E-state index contributed by atoms with van der Waals surface area (Å²) in [6.45, 7) is 2.51. The molecule has 0 spiro atoms. The normalized spacial score (nSPS) is 26.8. The minimum absolute atomic E-state index is 0.0254. The summed E-state index contributed by atoms with van der Waals surface area (Å²) in [4.78, 5) is 25.4. The van der Waals surface area contributed by atoms with Crippen LogP contribution in [-0.4, -0.2) is 47.0 Å². The fourth-order valence-electron chi connectivity index (χ4n) is 4.26. The third-order valence-electron chi connectivity index (χ3n) is 5.38. The lowest BCUT2D eigenvalue weighted by Gasteiger charge is -2.32. The zero-order valence-corrected chi connectivity index (χ0v) is 14.1. The van der Waals surface area contributed by atoms with Gasteiger partial charge in [-0.15, -0.1) is 0 Å². The van der Waals surface area contributed by atoms with Crippen molar-refractivity contribution < 1.29 is 19.4 Å². The minimum atomic E-state index is -0.728. The van der Waals surface area contributed by atoms with Crippen LogP contribution in [0.1, 0.15) is 49.4 Å². The molecular formula is C19H25NO4. The molecule has 130 valence electrons. The van der Waals surface area contributed by atoms with Crippen LogP contribution in [0.3, 0.4) is 0 Å². The van der Waals surface area contributed by atoms with Crippen LogP contribution in [0.4, 0.5) is 0 Å². The quantitative estimate of drug-likeness (QED) is 0.812. The van der Waals surface area contributed by atoms with E-state index < -0.39 is 12.0 Å². The fraction of sp³-hybridized carbons (Fsp3) is 0.579. The molecular weight excluding hydrogens is 306 g/mol. The Balaban J connectivity index is 1.64. The van der Waals surface area contributed by atoms with E-state index in [9.17, 15) is 14.7 Å². The van der Waals surface area contributed by atoms with Gasteiger partial charge in [-0.05, 0) is 44.2 Å². The molecule has 1 aromatic carbocycles. The maximum atomic E-state index is 11.6. The first-order valence-corrected chi connectivity index (χ1v) is 8.79. The number of fused-ring (bicyclic) bond motifs is 1. The van der Waals surface area contributed by atoms with Crippen molar-refractivity contribution in [2.75, 3.05) is 13.2 Å². The van der Waals surface area contributed by atoms with E-state index in [4.69, 9.17) is 4.74 Å². The summed E-state index contributed by atoms with van der Waals surface area (Å²) in [5.74, 6) is 0.330. The van der Waals surface area contributed by atoms with E-state index in [1.54, 1.807) is 12.1 Å². The number of carboxylic acid groups (broad SMARTS) is 1. The summed E-state index contributed by atoms with van der Waals surface area (Å²) in [5, 5.41) is 9.54. The Hall–Kier alpha value is -1.88. The molecule has 0 amide bonds. The fourth-order valence-corrected chi connectivity index (χ4v) is 4.26. The van der Waals surface area contributed by atoms with Gasteiger partial charge >= 0.3 is 5.97 Å². The van der Waals surface area contributed by atoms with Crippen LogP contribution in [0.15, 0.2) is 24.3 Å². The van der Waals surface area contributed by atoms with Crippen molar-refractivity contribution in [3.63, 3.8) is 0 Å². The third-order valence-corrected chi connectivity index (χ3v) is 5.38. The second kappa shape index (κ2) is 7.34. The van der Waals surface area contributed by atoms with E-state index in [1.807, 2.05) is 12.1 Å². The molecule has 1 heterocycles. The van der Waals surface area contributed by atoms with Crippen molar-refractivity contribution in [1.82, 2.24) is 4.90 Å². The Morgan fingerprint density at radius 1 is 1.25 bits per heavy atom. The van der Waals surface area contributed by atoms with Gasteiger partial charge in [-0.1, -0.05) is 25.0 Å². The lowest BCUT2D eigenvalue weighted by molar-refractivity contribution is -0.142. The summed E-state index contributed by atoms with van der Waals surface area (Å²) in [7, 11) is 0. The molecule has 2 fully saturated rings. The van der Waals surface area contributed by atoms with Crippen LogP contribution in [0, 0.1) is 5.92 Å². The van der Waals surface area contributed by atoms with Crippen LogP contribution in [-0.2, 0) is 4.79 Å². The van der Waals surface area contributed by atoms with Gasteiger partial charge in [-0.25, -0.2) is 0 Å². The van der Waals surface area contributed by atoms with Crippen LogP contribution >= 0.6 is 0 Å². The molecule has 0 aromatic heterocycles. The maximum absolute atomic E-state index is 11.6. The average molecular weight is 331 g/mol. The van der Waals surface area contributed by atoms with E-state index in [-0.39, 0.29) is 5.78 Å². The topological polar surface area (TPSA) is 66.8 Å². The van der Waals surface area contributed by atoms with E-state index in [1.165, 1.54) is 19.8 Å². The smallest absolute Gasteiger partial charge is 0.320 e. The van der Waals surface area contributed by atoms with Crippen LogP contribution in [0.5, 0.6) is 5.75 Å². The number of rotatable bonds is 6. The lowest BCUT2D eigenvalue weighted by Crippen LogP contribution is -2.44. The maximum Gasteiger partial charge on any atom is 0.320 e. The number of benzene rings is 1. The number of ether oxygens (including phenoxy) is 1. The molecule has 1 saturated carbocycles. The molecule has 3 atom stereocenters. The monoisotopic (exact) mass is 331 g/mol. The number of carboxylic acids is 1. The molecule has 0 radical (unpaired) electrons. The lowest BCUT2D eigenvalue weighted by atomic mass is 9.85. The highest BCUT2D eigenvalue weighted by atomic mass is 16.5. The standard InChI is InChI=1S/C19H25NO4/c1-13(21)15-7-3-5-9-18(15)24-11-10-20-16-8-4-2-6-14(16)12-17(20)19(22)23/h3,5,7,9,14,16-17H,2,4,6,8,10-12H2,1H3,(H,22,23). The summed E-state index contributed by atoms with van der Waals surface area (Å²) in [6.07, 6.45) is 5.36. The Kier molecular flexibility index (Phi) is 5.19. The molecule has 3 rings (SSSR count). The third kappa shape index (κ3) is 3.46. The van der Waals surface area contributed by atoms with Crippen molar-refractivity contribution in [2.45, 2.75) is 51.1 Å². The summed E-state index contributed by atoms with van der Waals surface area (Å²) in [6, 6.07) is 7.17. The molecule has 1 N–H and O–H groups in total. The number of hydrogen-bond acceptors (Lipinski definition) is 4. The number of ketones is 1. The predicted octanol–water partition coefficient (Wildman–Crippen LogP) is 2.99. The van der Waals surface area contributed by atoms with E-state index in [0.717, 1.165) is 19.3 Å². The van der Waals surface area contributed by atoms with Crippen molar-refractivity contribution in [3.05, 3.63) is 29.8 Å². The Labute approximate surface area is 142 Å². The number of Topliss-reactive ketones (excluding diaryl/α,β-unsaturated/α-hetero) is 1. The molecule has 1 aliphatic heterocycles. The number of carbonyl (C=O) groups is 2. The van der Waals surface area contributed by atoms with Gasteiger partial charge in [0.1, 0.15) is 18.4 Å². The molecule has 24 heavy (non-hydrogen) atoms. The molecule has 3 unspecified atom stereocenters. The van der Waals surface area contributed by atoms with Gasteiger partial charge in [0.2, 0.25) is 0 Å². The van der Waals surface area contributed by atoms with Crippen molar-refractivity contribution >= 4 is 11.8 Å². The van der Waals surface area contributed by atoms with Crippen molar-refractivity contribution in [3.8, 4) is 5.75 Å². The second-order valence-electron chi connectivity index (χ2n) is 6.84. The molecule has 0 bridgehead atoms. The average Bonchev–Trinajstić information content (AvgIpc) is 2.94. The summed E-state index contributed by atoms with van der Waals surface area (Å²) < 4.78 is 5.81. The van der Waals surface area contributed by atoms with E-state index in [2.05, 4.69) is 4.90 Å². The van der Waals surface area contributed by atoms with Gasteiger partial charge in [0.25, 0.3) is 0 Å². The van der Waals surface area contributed by atoms with Crippen molar-refractivity contribution in [1.29, 1.82) is 0 Å². The van der Waals surface area contributed by atoms with Gasteiger partial charge in [-0.3, -0.25) is 14.5 Å². The SMILES string of the molecule is CC(=O)c1ccccc1OCCN1C(C(=O)O)CC2CCCCC21. The summed E-state index contributed by atoms with van der Waals surface area (Å²) >= 11 is 0. The first-order chi connectivity index (χ1) is 11.6. The summed E-state index contributed by atoms with van der Waals surface area (Å²) in [5.41, 5.74) is 0.573. The first kappa shape index (κ1) is 17.0. The largest absolute Gasteiger partial charge is 0.491 e. The first-order valence-electron chi connectivity index (χ1n) is 8.79. The Morgan fingerprint density at radius 3 is 2.75 bits per heavy atom. The molecule has 1 aromatic rings. The second-order valence-corrected chi connectivity index (χ2v) is 6.84. The highest BCUT2D eigenvalue weighted by Gasteiger charge is 2.44.